The first-order chi connectivity index (χ1) is 13.6. The second kappa shape index (κ2) is 11.8. The molecule has 0 heterocycles. The van der Waals surface area contributed by atoms with E-state index in [1.54, 1.807) is 0 Å². The summed E-state index contributed by atoms with van der Waals surface area (Å²) in [6.45, 7) is 22.6. The molecule has 158 valence electrons. The lowest BCUT2D eigenvalue weighted by atomic mass is 9.82. The van der Waals surface area contributed by atoms with Crippen LogP contribution >= 0.6 is 0 Å². The lowest BCUT2D eigenvalue weighted by molar-refractivity contribution is 0.410. The van der Waals surface area contributed by atoms with Gasteiger partial charge in [-0.25, -0.2) is 0 Å². The van der Waals surface area contributed by atoms with Crippen molar-refractivity contribution in [3.63, 3.8) is 0 Å². The summed E-state index contributed by atoms with van der Waals surface area (Å²) >= 11 is 0. The first-order valence-electron chi connectivity index (χ1n) is 10.8. The summed E-state index contributed by atoms with van der Waals surface area (Å²) in [6, 6.07) is 6.68. The molecular formula is C28H41N. The maximum Gasteiger partial charge on any atom is 0.0415 e. The number of allylic oxidation sites excluding steroid dienone is 7. The largest absolute Gasteiger partial charge is 0.289 e. The molecule has 0 aliphatic carbocycles. The fourth-order valence-corrected chi connectivity index (χ4v) is 3.27. The number of rotatable bonds is 9. The van der Waals surface area contributed by atoms with E-state index in [4.69, 9.17) is 4.99 Å². The van der Waals surface area contributed by atoms with Gasteiger partial charge in [0.25, 0.3) is 0 Å². The van der Waals surface area contributed by atoms with Crippen molar-refractivity contribution in [2.24, 2.45) is 16.3 Å². The van der Waals surface area contributed by atoms with Crippen LogP contribution in [-0.2, 0) is 12.8 Å². The van der Waals surface area contributed by atoms with Crippen molar-refractivity contribution in [1.82, 2.24) is 0 Å². The molecule has 0 amide bonds. The summed E-state index contributed by atoms with van der Waals surface area (Å²) in [5.41, 5.74) is 7.93. The summed E-state index contributed by atoms with van der Waals surface area (Å²) in [5, 5.41) is 0. The number of benzene rings is 1. The fraction of sp³-hybridized carbons (Fsp3) is 0.464. The van der Waals surface area contributed by atoms with Crippen LogP contribution in [0.5, 0.6) is 0 Å². The zero-order chi connectivity index (χ0) is 22.0. The third kappa shape index (κ3) is 9.26. The van der Waals surface area contributed by atoms with Crippen LogP contribution in [0.25, 0.3) is 0 Å². The van der Waals surface area contributed by atoms with Crippen molar-refractivity contribution >= 4 is 5.71 Å². The van der Waals surface area contributed by atoms with E-state index in [1.165, 1.54) is 27.8 Å². The van der Waals surface area contributed by atoms with Gasteiger partial charge in [0.05, 0.1) is 0 Å². The highest BCUT2D eigenvalue weighted by atomic mass is 14.7. The lowest BCUT2D eigenvalue weighted by Crippen LogP contribution is -2.15. The second-order valence-electron chi connectivity index (χ2n) is 9.54. The number of hydrogen-bond acceptors (Lipinski definition) is 1. The van der Waals surface area contributed by atoms with Gasteiger partial charge in [-0.05, 0) is 67.2 Å². The molecule has 0 spiro atoms. The molecule has 1 heteroatoms. The SMILES string of the molecule is C=C\C(=C/C(C)=C/C=C\C)Cc1cccc(C(C)=NCC(C)C)c1CC(C)(C)C. The molecule has 0 radical (unpaired) electrons. The van der Waals surface area contributed by atoms with E-state index in [0.717, 1.165) is 25.1 Å². The van der Waals surface area contributed by atoms with Crippen LogP contribution in [0.4, 0.5) is 0 Å². The molecule has 0 bridgehead atoms. The smallest absolute Gasteiger partial charge is 0.0415 e. The van der Waals surface area contributed by atoms with Crippen molar-refractivity contribution in [3.05, 3.63) is 83.0 Å². The molecule has 1 rings (SSSR count). The highest BCUT2D eigenvalue weighted by Gasteiger charge is 2.18. The van der Waals surface area contributed by atoms with Gasteiger partial charge >= 0.3 is 0 Å². The van der Waals surface area contributed by atoms with Crippen molar-refractivity contribution < 1.29 is 0 Å². The molecule has 0 aromatic heterocycles. The van der Waals surface area contributed by atoms with E-state index in [9.17, 15) is 0 Å². The van der Waals surface area contributed by atoms with Crippen LogP contribution in [0.2, 0.25) is 0 Å². The molecule has 0 aliphatic rings. The monoisotopic (exact) mass is 391 g/mol. The van der Waals surface area contributed by atoms with Gasteiger partial charge in [-0.1, -0.05) is 95.3 Å². The zero-order valence-electron chi connectivity index (χ0n) is 20.0. The predicted octanol–water partition coefficient (Wildman–Crippen LogP) is 7.92. The van der Waals surface area contributed by atoms with Gasteiger partial charge in [0.2, 0.25) is 0 Å². The Balaban J connectivity index is 3.41. The normalized spacial score (nSPS) is 14.2. The molecule has 29 heavy (non-hydrogen) atoms. The van der Waals surface area contributed by atoms with Gasteiger partial charge in [-0.3, -0.25) is 4.99 Å². The Morgan fingerprint density at radius 2 is 1.86 bits per heavy atom. The first-order valence-corrected chi connectivity index (χ1v) is 10.8. The Hall–Kier alpha value is -2.15. The number of aliphatic imine (C=N–C) groups is 1. The van der Waals surface area contributed by atoms with Gasteiger partial charge in [0, 0.05) is 12.3 Å². The van der Waals surface area contributed by atoms with Crippen LogP contribution in [0.15, 0.2) is 71.3 Å². The van der Waals surface area contributed by atoms with Gasteiger partial charge in [0.1, 0.15) is 0 Å². The van der Waals surface area contributed by atoms with E-state index >= 15 is 0 Å². The molecule has 1 aromatic rings. The molecular weight excluding hydrogens is 350 g/mol. The third-order valence-corrected chi connectivity index (χ3v) is 4.68. The second-order valence-corrected chi connectivity index (χ2v) is 9.54. The standard InChI is InChI=1S/C28H41N/c1-10-12-14-22(5)17-24(11-2)18-25-15-13-16-26(23(6)29-20-21(3)4)27(25)19-28(7,8)9/h10-17,21H,2,18-20H2,1,3-9H3/b12-10-,22-14+,24-17+,29-23?. The van der Waals surface area contributed by atoms with E-state index in [0.29, 0.717) is 5.92 Å². The lowest BCUT2D eigenvalue weighted by Gasteiger charge is -2.24. The van der Waals surface area contributed by atoms with Crippen molar-refractivity contribution in [1.29, 1.82) is 0 Å². The Morgan fingerprint density at radius 3 is 2.41 bits per heavy atom. The molecule has 0 saturated heterocycles. The third-order valence-electron chi connectivity index (χ3n) is 4.68. The van der Waals surface area contributed by atoms with Crippen LogP contribution in [0, 0.1) is 11.3 Å². The average Bonchev–Trinajstić information content (AvgIpc) is 2.63. The molecule has 1 aromatic carbocycles. The van der Waals surface area contributed by atoms with Gasteiger partial charge in [-0.2, -0.15) is 0 Å². The van der Waals surface area contributed by atoms with Crippen LogP contribution < -0.4 is 0 Å². The molecule has 1 nitrogen and oxygen atoms in total. The summed E-state index contributed by atoms with van der Waals surface area (Å²) in [7, 11) is 0. The Kier molecular flexibility index (Phi) is 10.1. The minimum Gasteiger partial charge on any atom is -0.289 e. The summed E-state index contributed by atoms with van der Waals surface area (Å²) in [6.07, 6.45) is 12.4. The molecule has 0 N–H and O–H groups in total. The topological polar surface area (TPSA) is 12.4 Å². The van der Waals surface area contributed by atoms with Crippen LogP contribution in [-0.4, -0.2) is 12.3 Å². The van der Waals surface area contributed by atoms with Crippen molar-refractivity contribution in [3.8, 4) is 0 Å². The van der Waals surface area contributed by atoms with E-state index in [1.807, 2.05) is 13.0 Å². The maximum absolute atomic E-state index is 4.87. The zero-order valence-corrected chi connectivity index (χ0v) is 20.0. The van der Waals surface area contributed by atoms with Gasteiger partial charge in [-0.15, -0.1) is 0 Å². The highest BCUT2D eigenvalue weighted by Crippen LogP contribution is 2.28. The molecule has 0 atom stereocenters. The number of hydrogen-bond donors (Lipinski definition) is 0. The van der Waals surface area contributed by atoms with E-state index in [-0.39, 0.29) is 5.41 Å². The first kappa shape index (κ1) is 24.9. The number of nitrogens with zero attached hydrogens (tertiary/aromatic N) is 1. The summed E-state index contributed by atoms with van der Waals surface area (Å²) in [5.74, 6) is 0.571. The average molecular weight is 392 g/mol. The van der Waals surface area contributed by atoms with Gasteiger partial charge < -0.3 is 0 Å². The van der Waals surface area contributed by atoms with Crippen molar-refractivity contribution in [2.45, 2.75) is 68.2 Å². The van der Waals surface area contributed by atoms with E-state index in [2.05, 4.69) is 97.5 Å². The van der Waals surface area contributed by atoms with Crippen LogP contribution in [0.1, 0.15) is 72.1 Å². The Labute approximate surface area is 180 Å². The molecule has 0 aliphatic heterocycles. The Bertz CT molecular complexity index is 792. The Morgan fingerprint density at radius 1 is 1.17 bits per heavy atom. The summed E-state index contributed by atoms with van der Waals surface area (Å²) < 4.78 is 0. The highest BCUT2D eigenvalue weighted by molar-refractivity contribution is 6.00. The minimum atomic E-state index is 0.211. The molecule has 0 fully saturated rings. The van der Waals surface area contributed by atoms with Crippen LogP contribution in [0.3, 0.4) is 0 Å². The van der Waals surface area contributed by atoms with Crippen molar-refractivity contribution in [2.75, 3.05) is 6.54 Å². The molecule has 0 unspecified atom stereocenters. The minimum absolute atomic E-state index is 0.211. The van der Waals surface area contributed by atoms with Gasteiger partial charge in [0.15, 0.2) is 0 Å². The fourth-order valence-electron chi connectivity index (χ4n) is 3.27. The quantitative estimate of drug-likeness (QED) is 0.299. The van der Waals surface area contributed by atoms with E-state index < -0.39 is 0 Å². The summed E-state index contributed by atoms with van der Waals surface area (Å²) in [4.78, 5) is 4.87. The predicted molar refractivity (Wildman–Crippen MR) is 132 cm³/mol. The molecule has 0 saturated carbocycles. The maximum atomic E-state index is 4.87.